The van der Waals surface area contributed by atoms with Gasteiger partial charge in [0, 0.05) is 57.3 Å². The summed E-state index contributed by atoms with van der Waals surface area (Å²) in [6, 6.07) is 7.78. The summed E-state index contributed by atoms with van der Waals surface area (Å²) in [5, 5.41) is 13.7. The Kier molecular flexibility index (Phi) is 5.82. The molecule has 0 bridgehead atoms. The fourth-order valence-electron chi connectivity index (χ4n) is 2.96. The summed E-state index contributed by atoms with van der Waals surface area (Å²) in [6.07, 6.45) is 3.54. The first kappa shape index (κ1) is 18.6. The van der Waals surface area contributed by atoms with Gasteiger partial charge in [-0.2, -0.15) is 0 Å². The van der Waals surface area contributed by atoms with E-state index in [1.54, 1.807) is 17.3 Å². The van der Waals surface area contributed by atoms with Crippen molar-refractivity contribution in [3.8, 4) is 5.75 Å². The predicted molar refractivity (Wildman–Crippen MR) is 99.8 cm³/mol. The molecule has 0 unspecified atom stereocenters. The highest BCUT2D eigenvalue weighted by atomic mass is 16.6. The number of pyridine rings is 1. The highest BCUT2D eigenvalue weighted by molar-refractivity contribution is 5.91. The summed E-state index contributed by atoms with van der Waals surface area (Å²) in [4.78, 5) is 31.0. The van der Waals surface area contributed by atoms with Gasteiger partial charge >= 0.3 is 6.03 Å². The number of ether oxygens (including phenoxy) is 1. The smallest absolute Gasteiger partial charge is 0.322 e. The molecule has 0 radical (unpaired) electrons. The maximum absolute atomic E-state index is 12.5. The molecular formula is C18H21N5O4. The second kappa shape index (κ2) is 8.45. The van der Waals surface area contributed by atoms with Gasteiger partial charge in [-0.25, -0.2) is 4.79 Å². The number of carbonyl (C=O) groups is 1. The fourth-order valence-corrected chi connectivity index (χ4v) is 2.96. The first-order valence-electron chi connectivity index (χ1n) is 8.56. The molecule has 0 atom stereocenters. The third-order valence-corrected chi connectivity index (χ3v) is 4.45. The normalized spacial score (nSPS) is 14.6. The van der Waals surface area contributed by atoms with Crippen molar-refractivity contribution in [2.75, 3.05) is 38.6 Å². The molecule has 0 saturated carbocycles. The Labute approximate surface area is 156 Å². The summed E-state index contributed by atoms with van der Waals surface area (Å²) in [5.41, 5.74) is 1.37. The number of nitro groups is 1. The Morgan fingerprint density at radius 3 is 2.56 bits per heavy atom. The van der Waals surface area contributed by atoms with Crippen molar-refractivity contribution >= 4 is 17.4 Å². The predicted octanol–water partition coefficient (Wildman–Crippen LogP) is 2.35. The molecule has 2 amide bonds. The average molecular weight is 371 g/mol. The molecule has 1 fully saturated rings. The number of nitro benzene ring substituents is 1. The second-order valence-electron chi connectivity index (χ2n) is 6.19. The highest BCUT2D eigenvalue weighted by Gasteiger charge is 2.22. The van der Waals surface area contributed by atoms with E-state index in [4.69, 9.17) is 4.74 Å². The van der Waals surface area contributed by atoms with E-state index in [1.165, 1.54) is 30.9 Å². The number of urea groups is 1. The van der Waals surface area contributed by atoms with E-state index in [2.05, 4.69) is 15.2 Å². The topological polar surface area (TPSA) is 101 Å². The molecular weight excluding hydrogens is 350 g/mol. The molecule has 1 N–H and O–H groups in total. The molecule has 3 rings (SSSR count). The van der Waals surface area contributed by atoms with E-state index in [9.17, 15) is 14.9 Å². The van der Waals surface area contributed by atoms with Crippen LogP contribution in [0.3, 0.4) is 0 Å². The van der Waals surface area contributed by atoms with Crippen LogP contribution in [0.2, 0.25) is 0 Å². The van der Waals surface area contributed by atoms with Crippen LogP contribution in [0, 0.1) is 10.1 Å². The maximum atomic E-state index is 12.5. The van der Waals surface area contributed by atoms with Gasteiger partial charge in [0.05, 0.1) is 17.7 Å². The van der Waals surface area contributed by atoms with Crippen LogP contribution < -0.4 is 10.1 Å². The molecule has 27 heavy (non-hydrogen) atoms. The number of nitrogens with zero attached hydrogens (tertiary/aromatic N) is 4. The van der Waals surface area contributed by atoms with E-state index in [-0.39, 0.29) is 17.4 Å². The lowest BCUT2D eigenvalue weighted by atomic mass is 10.2. The Morgan fingerprint density at radius 1 is 1.22 bits per heavy atom. The summed E-state index contributed by atoms with van der Waals surface area (Å²) >= 11 is 0. The van der Waals surface area contributed by atoms with Crippen molar-refractivity contribution in [1.29, 1.82) is 0 Å². The van der Waals surface area contributed by atoms with Crippen molar-refractivity contribution in [1.82, 2.24) is 14.8 Å². The van der Waals surface area contributed by atoms with Gasteiger partial charge in [-0.05, 0) is 23.8 Å². The Bertz CT molecular complexity index is 807. The van der Waals surface area contributed by atoms with Gasteiger partial charge in [0.2, 0.25) is 0 Å². The number of amides is 2. The molecule has 142 valence electrons. The number of anilines is 1. The van der Waals surface area contributed by atoms with Crippen LogP contribution in [0.1, 0.15) is 5.56 Å². The molecule has 0 spiro atoms. The van der Waals surface area contributed by atoms with Crippen LogP contribution in [-0.2, 0) is 6.54 Å². The zero-order chi connectivity index (χ0) is 19.2. The van der Waals surface area contributed by atoms with Crippen molar-refractivity contribution in [2.24, 2.45) is 0 Å². The van der Waals surface area contributed by atoms with Crippen LogP contribution in [0.4, 0.5) is 16.2 Å². The van der Waals surface area contributed by atoms with E-state index >= 15 is 0 Å². The number of hydrogen-bond acceptors (Lipinski definition) is 6. The van der Waals surface area contributed by atoms with E-state index < -0.39 is 4.92 Å². The molecule has 1 aromatic heterocycles. The van der Waals surface area contributed by atoms with Gasteiger partial charge in [-0.3, -0.25) is 20.0 Å². The Hall–Kier alpha value is -3.20. The summed E-state index contributed by atoms with van der Waals surface area (Å²) in [6.45, 7) is 3.47. The number of rotatable bonds is 5. The quantitative estimate of drug-likeness (QED) is 0.640. The number of piperazine rings is 1. The molecule has 9 heteroatoms. The number of methoxy groups -OCH3 is 1. The van der Waals surface area contributed by atoms with Crippen molar-refractivity contribution in [2.45, 2.75) is 6.54 Å². The summed E-state index contributed by atoms with van der Waals surface area (Å²) < 4.78 is 5.18. The van der Waals surface area contributed by atoms with Gasteiger partial charge in [0.15, 0.2) is 0 Å². The summed E-state index contributed by atoms with van der Waals surface area (Å²) in [5.74, 6) is 0.380. The Morgan fingerprint density at radius 2 is 1.93 bits per heavy atom. The van der Waals surface area contributed by atoms with Crippen molar-refractivity contribution in [3.05, 3.63) is 58.4 Å². The minimum atomic E-state index is -0.507. The summed E-state index contributed by atoms with van der Waals surface area (Å²) in [7, 11) is 1.45. The lowest BCUT2D eigenvalue weighted by molar-refractivity contribution is -0.384. The minimum absolute atomic E-state index is 0.103. The number of non-ortho nitro benzene ring substituents is 1. The van der Waals surface area contributed by atoms with Gasteiger partial charge in [-0.15, -0.1) is 0 Å². The van der Waals surface area contributed by atoms with Crippen molar-refractivity contribution in [3.63, 3.8) is 0 Å². The number of nitrogens with one attached hydrogen (secondary N) is 1. The zero-order valence-electron chi connectivity index (χ0n) is 15.0. The highest BCUT2D eigenvalue weighted by Crippen LogP contribution is 2.29. The standard InChI is InChI=1S/C18H21N5O4/c1-27-17-3-2-15(23(25)26)12-16(17)20-18(24)22-10-8-21(9-11-22)13-14-4-6-19-7-5-14/h2-7,12H,8-11,13H2,1H3,(H,20,24). The third-order valence-electron chi connectivity index (χ3n) is 4.45. The van der Waals surface area contributed by atoms with E-state index in [0.29, 0.717) is 18.8 Å². The first-order valence-corrected chi connectivity index (χ1v) is 8.56. The molecule has 1 aromatic carbocycles. The molecule has 9 nitrogen and oxygen atoms in total. The lowest BCUT2D eigenvalue weighted by Crippen LogP contribution is -2.49. The first-order chi connectivity index (χ1) is 13.1. The van der Waals surface area contributed by atoms with Crippen LogP contribution in [0.15, 0.2) is 42.7 Å². The molecule has 1 saturated heterocycles. The van der Waals surface area contributed by atoms with E-state index in [0.717, 1.165) is 19.6 Å². The van der Waals surface area contributed by atoms with Crippen molar-refractivity contribution < 1.29 is 14.5 Å². The minimum Gasteiger partial charge on any atom is -0.495 e. The van der Waals surface area contributed by atoms with Crippen LogP contribution >= 0.6 is 0 Å². The van der Waals surface area contributed by atoms with Gasteiger partial charge in [0.25, 0.3) is 5.69 Å². The lowest BCUT2D eigenvalue weighted by Gasteiger charge is -2.34. The second-order valence-corrected chi connectivity index (χ2v) is 6.19. The molecule has 1 aliphatic heterocycles. The average Bonchev–Trinajstić information content (AvgIpc) is 2.69. The SMILES string of the molecule is COc1ccc([N+](=O)[O-])cc1NC(=O)N1CCN(Cc2ccncc2)CC1. The number of hydrogen-bond donors (Lipinski definition) is 1. The molecule has 2 heterocycles. The van der Waals surface area contributed by atoms with Crippen LogP contribution in [0.25, 0.3) is 0 Å². The van der Waals surface area contributed by atoms with Gasteiger partial charge in [0.1, 0.15) is 5.75 Å². The number of carbonyl (C=O) groups excluding carboxylic acids is 1. The molecule has 0 aliphatic carbocycles. The van der Waals surface area contributed by atoms with Gasteiger partial charge in [-0.1, -0.05) is 0 Å². The largest absolute Gasteiger partial charge is 0.495 e. The van der Waals surface area contributed by atoms with Crippen LogP contribution in [0.5, 0.6) is 5.75 Å². The van der Waals surface area contributed by atoms with Gasteiger partial charge < -0.3 is 15.0 Å². The number of aromatic nitrogens is 1. The number of benzene rings is 1. The monoisotopic (exact) mass is 371 g/mol. The van der Waals surface area contributed by atoms with Crippen LogP contribution in [-0.4, -0.2) is 59.0 Å². The zero-order valence-corrected chi connectivity index (χ0v) is 15.0. The van der Waals surface area contributed by atoms with E-state index in [1.807, 2.05) is 12.1 Å². The molecule has 2 aromatic rings. The third kappa shape index (κ3) is 4.70. The molecule has 1 aliphatic rings. The fraction of sp³-hybridized carbons (Fsp3) is 0.333. The Balaban J connectivity index is 1.58. The maximum Gasteiger partial charge on any atom is 0.322 e.